The first-order valence-electron chi connectivity index (χ1n) is 7.60. The van der Waals surface area contributed by atoms with E-state index < -0.39 is 0 Å². The molecule has 0 bridgehead atoms. The van der Waals surface area contributed by atoms with Gasteiger partial charge in [0.2, 0.25) is 5.82 Å². The van der Waals surface area contributed by atoms with E-state index in [2.05, 4.69) is 15.1 Å². The normalized spacial score (nSPS) is 21.5. The molecular formula is C15H21N5O2. The largest absolute Gasteiger partial charge is 0.393 e. The van der Waals surface area contributed by atoms with Crippen LogP contribution in [0.4, 0.5) is 0 Å². The van der Waals surface area contributed by atoms with E-state index in [-0.39, 0.29) is 23.8 Å². The topological polar surface area (TPSA) is 83.6 Å². The third-order valence-corrected chi connectivity index (χ3v) is 4.28. The Morgan fingerprint density at radius 2 is 2.18 bits per heavy atom. The molecule has 1 aliphatic carbocycles. The van der Waals surface area contributed by atoms with Crippen molar-refractivity contribution in [3.63, 3.8) is 0 Å². The Morgan fingerprint density at radius 3 is 2.86 bits per heavy atom. The summed E-state index contributed by atoms with van der Waals surface area (Å²) in [6.07, 6.45) is 2.48. The van der Waals surface area contributed by atoms with Crippen LogP contribution in [0.1, 0.15) is 41.3 Å². The number of aromatic nitrogens is 4. The Balaban J connectivity index is 1.81. The van der Waals surface area contributed by atoms with Gasteiger partial charge in [-0.05, 0) is 32.8 Å². The summed E-state index contributed by atoms with van der Waals surface area (Å²) in [6.45, 7) is 4.32. The van der Waals surface area contributed by atoms with Gasteiger partial charge in [-0.2, -0.15) is 4.98 Å². The van der Waals surface area contributed by atoms with Crippen molar-refractivity contribution in [2.45, 2.75) is 39.2 Å². The van der Waals surface area contributed by atoms with Crippen LogP contribution in [-0.2, 0) is 0 Å². The summed E-state index contributed by atoms with van der Waals surface area (Å²) in [5, 5.41) is 14.1. The van der Waals surface area contributed by atoms with Gasteiger partial charge in [-0.3, -0.25) is 4.79 Å². The van der Waals surface area contributed by atoms with Gasteiger partial charge in [-0.1, -0.05) is 6.42 Å². The van der Waals surface area contributed by atoms with Gasteiger partial charge in [0.05, 0.1) is 6.10 Å². The molecule has 0 radical (unpaired) electrons. The predicted octanol–water partition coefficient (Wildman–Crippen LogP) is 0.974. The van der Waals surface area contributed by atoms with Gasteiger partial charge >= 0.3 is 0 Å². The van der Waals surface area contributed by atoms with Crippen LogP contribution in [0, 0.1) is 19.8 Å². The van der Waals surface area contributed by atoms with Gasteiger partial charge in [-0.15, -0.1) is 5.10 Å². The van der Waals surface area contributed by atoms with Crippen LogP contribution >= 0.6 is 0 Å². The quantitative estimate of drug-likeness (QED) is 0.913. The van der Waals surface area contributed by atoms with Crippen LogP contribution in [0.5, 0.6) is 0 Å². The maximum atomic E-state index is 12.5. The molecule has 1 saturated carbocycles. The number of aryl methyl sites for hydroxylation is 2. The Labute approximate surface area is 129 Å². The zero-order valence-corrected chi connectivity index (χ0v) is 13.2. The first-order chi connectivity index (χ1) is 10.5. The predicted molar refractivity (Wildman–Crippen MR) is 80.6 cm³/mol. The van der Waals surface area contributed by atoms with Gasteiger partial charge in [0, 0.05) is 30.9 Å². The zero-order valence-electron chi connectivity index (χ0n) is 13.2. The highest BCUT2D eigenvalue weighted by Gasteiger charge is 2.29. The summed E-state index contributed by atoms with van der Waals surface area (Å²) in [7, 11) is 1.73. The molecule has 1 fully saturated rings. The number of carbonyl (C=O) groups is 1. The van der Waals surface area contributed by atoms with Crippen LogP contribution in [0.3, 0.4) is 0 Å². The number of hydrogen-bond acceptors (Lipinski definition) is 5. The minimum atomic E-state index is -0.309. The molecule has 7 heteroatoms. The van der Waals surface area contributed by atoms with Gasteiger partial charge in [0.15, 0.2) is 0 Å². The lowest BCUT2D eigenvalue weighted by Gasteiger charge is -2.22. The van der Waals surface area contributed by atoms with E-state index in [1.54, 1.807) is 16.5 Å². The molecule has 1 N–H and O–H groups in total. The molecule has 22 heavy (non-hydrogen) atoms. The standard InChI is InChI=1S/C15H21N5O2/c1-9-7-10(2)20-15(16-9)17-13(18-20)14(22)19(3)8-11-5-4-6-12(11)21/h7,11-12,21H,4-6,8H2,1-3H3. The SMILES string of the molecule is Cc1cc(C)n2nc(C(=O)N(C)CC3CCCC3O)nc2n1. The van der Waals surface area contributed by atoms with Crippen molar-refractivity contribution in [2.24, 2.45) is 5.92 Å². The fraction of sp³-hybridized carbons (Fsp3) is 0.600. The molecule has 2 atom stereocenters. The molecule has 2 heterocycles. The second-order valence-electron chi connectivity index (χ2n) is 6.13. The lowest BCUT2D eigenvalue weighted by atomic mass is 10.1. The first kappa shape index (κ1) is 14.9. The van der Waals surface area contributed by atoms with Crippen LogP contribution in [0.25, 0.3) is 5.78 Å². The van der Waals surface area contributed by atoms with Crippen molar-refractivity contribution in [1.82, 2.24) is 24.5 Å². The zero-order chi connectivity index (χ0) is 15.9. The lowest BCUT2D eigenvalue weighted by molar-refractivity contribution is 0.0683. The van der Waals surface area contributed by atoms with Gasteiger partial charge in [0.1, 0.15) is 0 Å². The molecule has 2 aromatic rings. The Morgan fingerprint density at radius 1 is 1.41 bits per heavy atom. The van der Waals surface area contributed by atoms with Crippen molar-refractivity contribution in [3.05, 3.63) is 23.3 Å². The summed E-state index contributed by atoms with van der Waals surface area (Å²) in [5.41, 5.74) is 1.74. The number of nitrogens with zero attached hydrogens (tertiary/aromatic N) is 5. The van der Waals surface area contributed by atoms with E-state index >= 15 is 0 Å². The third kappa shape index (κ3) is 2.68. The number of rotatable bonds is 3. The second kappa shape index (κ2) is 5.64. The van der Waals surface area contributed by atoms with Crippen molar-refractivity contribution >= 4 is 11.7 Å². The minimum absolute atomic E-state index is 0.146. The van der Waals surface area contributed by atoms with Crippen LogP contribution in [0.15, 0.2) is 6.07 Å². The van der Waals surface area contributed by atoms with Crippen molar-refractivity contribution < 1.29 is 9.90 Å². The molecular weight excluding hydrogens is 282 g/mol. The van der Waals surface area contributed by atoms with E-state index in [1.807, 2.05) is 19.9 Å². The highest BCUT2D eigenvalue weighted by Crippen LogP contribution is 2.26. The number of hydrogen-bond donors (Lipinski definition) is 1. The van der Waals surface area contributed by atoms with Crippen LogP contribution in [-0.4, -0.2) is 55.2 Å². The number of carbonyl (C=O) groups excluding carboxylic acids is 1. The smallest absolute Gasteiger partial charge is 0.293 e. The van der Waals surface area contributed by atoms with E-state index in [0.717, 1.165) is 30.7 Å². The summed E-state index contributed by atoms with van der Waals surface area (Å²) in [6, 6.07) is 1.90. The van der Waals surface area contributed by atoms with E-state index in [9.17, 15) is 9.90 Å². The van der Waals surface area contributed by atoms with E-state index in [0.29, 0.717) is 12.3 Å². The van der Waals surface area contributed by atoms with Gasteiger partial charge < -0.3 is 10.0 Å². The van der Waals surface area contributed by atoms with Crippen molar-refractivity contribution in [1.29, 1.82) is 0 Å². The van der Waals surface area contributed by atoms with Crippen LogP contribution < -0.4 is 0 Å². The molecule has 1 aliphatic rings. The average molecular weight is 303 g/mol. The van der Waals surface area contributed by atoms with Crippen LogP contribution in [0.2, 0.25) is 0 Å². The lowest BCUT2D eigenvalue weighted by Crippen LogP contribution is -2.35. The fourth-order valence-corrected chi connectivity index (χ4v) is 3.09. The van der Waals surface area contributed by atoms with Crippen molar-refractivity contribution in [3.8, 4) is 0 Å². The minimum Gasteiger partial charge on any atom is -0.393 e. The molecule has 0 saturated heterocycles. The molecule has 1 amide bonds. The number of aliphatic hydroxyl groups is 1. The van der Waals surface area contributed by atoms with Gasteiger partial charge in [-0.25, -0.2) is 9.50 Å². The van der Waals surface area contributed by atoms with Crippen molar-refractivity contribution in [2.75, 3.05) is 13.6 Å². The van der Waals surface area contributed by atoms with E-state index in [1.165, 1.54) is 0 Å². The summed E-state index contributed by atoms with van der Waals surface area (Å²) in [5.74, 6) is 0.501. The molecule has 2 aromatic heterocycles. The third-order valence-electron chi connectivity index (χ3n) is 4.28. The highest BCUT2D eigenvalue weighted by atomic mass is 16.3. The maximum absolute atomic E-state index is 12.5. The molecule has 7 nitrogen and oxygen atoms in total. The average Bonchev–Trinajstić information content (AvgIpc) is 3.05. The number of fused-ring (bicyclic) bond motifs is 1. The number of aliphatic hydroxyl groups excluding tert-OH is 1. The second-order valence-corrected chi connectivity index (χ2v) is 6.13. The molecule has 118 valence electrons. The Kier molecular flexibility index (Phi) is 3.82. The molecule has 0 spiro atoms. The summed E-state index contributed by atoms with van der Waals surface area (Å²) >= 11 is 0. The monoisotopic (exact) mass is 303 g/mol. The summed E-state index contributed by atoms with van der Waals surface area (Å²) in [4.78, 5) is 22.6. The fourth-order valence-electron chi connectivity index (χ4n) is 3.09. The Bertz CT molecular complexity index is 711. The molecule has 0 aromatic carbocycles. The molecule has 0 aliphatic heterocycles. The maximum Gasteiger partial charge on any atom is 0.293 e. The molecule has 3 rings (SSSR count). The number of amides is 1. The van der Waals surface area contributed by atoms with E-state index in [4.69, 9.17) is 0 Å². The Hall–Kier alpha value is -2.02. The highest BCUT2D eigenvalue weighted by molar-refractivity contribution is 5.90. The summed E-state index contributed by atoms with van der Waals surface area (Å²) < 4.78 is 1.58. The molecule has 2 unspecified atom stereocenters. The first-order valence-corrected chi connectivity index (χ1v) is 7.60. The van der Waals surface area contributed by atoms with Gasteiger partial charge in [0.25, 0.3) is 11.7 Å².